The average Bonchev–Trinajstić information content (AvgIpc) is 2.77. The fraction of sp³-hybridized carbons (Fsp3) is 0.476. The van der Waals surface area contributed by atoms with Crippen LogP contribution < -0.4 is 20.1 Å². The summed E-state index contributed by atoms with van der Waals surface area (Å²) >= 11 is 0. The molecule has 1 aliphatic rings. The van der Waals surface area contributed by atoms with Gasteiger partial charge in [0, 0.05) is 31.3 Å². The maximum atomic E-state index is 11.0. The molecule has 9 heteroatoms. The van der Waals surface area contributed by atoms with Gasteiger partial charge in [-0.05, 0) is 24.8 Å². The van der Waals surface area contributed by atoms with Crippen molar-refractivity contribution < 1.29 is 24.1 Å². The molecule has 1 amide bonds. The summed E-state index contributed by atoms with van der Waals surface area (Å²) in [4.78, 5) is 11.0. The number of hydrogen-bond acceptors (Lipinski definition) is 7. The van der Waals surface area contributed by atoms with Crippen LogP contribution in [0.2, 0.25) is 0 Å². The standard InChI is InChI=1S/C21H28N4O5/c1-28-18-9-8-15(10-17(18)23-21(26)27)22-12-13-4-6-14(7-5-13)16-11-19(29-2)20(30-3)25-24-16/h4-7,11,15,17-18,22-23H,8-10,12H2,1-3H3,(H,26,27)/t15-,17-,18-/m0/s1. The highest BCUT2D eigenvalue weighted by atomic mass is 16.5. The van der Waals surface area contributed by atoms with Crippen molar-refractivity contribution in [1.29, 1.82) is 0 Å². The van der Waals surface area contributed by atoms with Crippen LogP contribution in [0, 0.1) is 0 Å². The second-order valence-corrected chi connectivity index (χ2v) is 7.23. The monoisotopic (exact) mass is 416 g/mol. The third-order valence-corrected chi connectivity index (χ3v) is 5.38. The second kappa shape index (κ2) is 10.2. The molecule has 0 aliphatic heterocycles. The highest BCUT2D eigenvalue weighted by molar-refractivity contribution is 5.65. The highest BCUT2D eigenvalue weighted by Gasteiger charge is 2.31. The number of amides is 1. The van der Waals surface area contributed by atoms with Gasteiger partial charge in [0.1, 0.15) is 0 Å². The van der Waals surface area contributed by atoms with E-state index in [-0.39, 0.29) is 18.2 Å². The number of carbonyl (C=O) groups is 1. The Morgan fingerprint density at radius 2 is 1.90 bits per heavy atom. The van der Waals surface area contributed by atoms with Crippen molar-refractivity contribution in [3.05, 3.63) is 35.9 Å². The molecule has 3 atom stereocenters. The Kier molecular flexibility index (Phi) is 7.42. The summed E-state index contributed by atoms with van der Waals surface area (Å²) in [6.07, 6.45) is 1.35. The SMILES string of the molecule is COc1cc(-c2ccc(CN[C@H]3CC[C@H](OC)[C@@H](NC(=O)O)C3)cc2)nnc1OC. The Hall–Kier alpha value is -2.91. The first kappa shape index (κ1) is 21.8. The van der Waals surface area contributed by atoms with Crippen molar-refractivity contribution >= 4 is 6.09 Å². The first-order chi connectivity index (χ1) is 14.5. The van der Waals surface area contributed by atoms with Crippen LogP contribution in [0.3, 0.4) is 0 Å². The second-order valence-electron chi connectivity index (χ2n) is 7.23. The third kappa shape index (κ3) is 5.37. The van der Waals surface area contributed by atoms with E-state index in [1.807, 2.05) is 24.3 Å². The lowest BCUT2D eigenvalue weighted by Crippen LogP contribution is -2.51. The van der Waals surface area contributed by atoms with E-state index >= 15 is 0 Å². The lowest BCUT2D eigenvalue weighted by atomic mass is 9.88. The predicted molar refractivity (Wildman–Crippen MR) is 111 cm³/mol. The molecule has 0 radical (unpaired) electrons. The summed E-state index contributed by atoms with van der Waals surface area (Å²) in [7, 11) is 4.71. The largest absolute Gasteiger partial charge is 0.491 e. The minimum absolute atomic E-state index is 0.0824. The van der Waals surface area contributed by atoms with Gasteiger partial charge < -0.3 is 30.0 Å². The number of nitrogens with one attached hydrogen (secondary N) is 2. The van der Waals surface area contributed by atoms with E-state index in [9.17, 15) is 4.79 Å². The van der Waals surface area contributed by atoms with Gasteiger partial charge in [0.05, 0.1) is 32.1 Å². The molecule has 2 aromatic rings. The molecule has 0 unspecified atom stereocenters. The van der Waals surface area contributed by atoms with E-state index in [4.69, 9.17) is 19.3 Å². The molecule has 3 N–H and O–H groups in total. The Bertz CT molecular complexity index is 846. The number of benzene rings is 1. The number of hydrogen-bond donors (Lipinski definition) is 3. The maximum absolute atomic E-state index is 11.0. The van der Waals surface area contributed by atoms with Crippen LogP contribution >= 0.6 is 0 Å². The van der Waals surface area contributed by atoms with Crippen LogP contribution in [0.5, 0.6) is 11.6 Å². The van der Waals surface area contributed by atoms with Crippen LogP contribution in [0.25, 0.3) is 11.3 Å². The summed E-state index contributed by atoms with van der Waals surface area (Å²) in [5.74, 6) is 0.880. The van der Waals surface area contributed by atoms with Gasteiger partial charge in [0.15, 0.2) is 5.75 Å². The average molecular weight is 416 g/mol. The smallest absolute Gasteiger partial charge is 0.404 e. The first-order valence-corrected chi connectivity index (χ1v) is 9.84. The molecule has 1 aromatic heterocycles. The van der Waals surface area contributed by atoms with E-state index in [0.29, 0.717) is 30.3 Å². The van der Waals surface area contributed by atoms with Crippen LogP contribution in [0.15, 0.2) is 30.3 Å². The highest BCUT2D eigenvalue weighted by Crippen LogP contribution is 2.28. The molecule has 1 saturated carbocycles. The fourth-order valence-electron chi connectivity index (χ4n) is 3.77. The minimum atomic E-state index is -1.02. The summed E-state index contributed by atoms with van der Waals surface area (Å²) in [6, 6.07) is 9.87. The summed E-state index contributed by atoms with van der Waals surface area (Å²) < 4.78 is 15.8. The van der Waals surface area contributed by atoms with Crippen molar-refractivity contribution in [2.24, 2.45) is 0 Å². The number of methoxy groups -OCH3 is 3. The van der Waals surface area contributed by atoms with Crippen LogP contribution in [0.1, 0.15) is 24.8 Å². The molecule has 162 valence electrons. The van der Waals surface area contributed by atoms with Gasteiger partial charge in [-0.2, -0.15) is 0 Å². The van der Waals surface area contributed by atoms with Gasteiger partial charge in [-0.1, -0.05) is 24.3 Å². The molecule has 1 heterocycles. The van der Waals surface area contributed by atoms with Gasteiger partial charge in [-0.25, -0.2) is 4.79 Å². The summed E-state index contributed by atoms with van der Waals surface area (Å²) in [6.45, 7) is 0.694. The molecular formula is C21H28N4O5. The zero-order chi connectivity index (χ0) is 21.5. The van der Waals surface area contributed by atoms with E-state index in [0.717, 1.165) is 24.0 Å². The molecule has 3 rings (SSSR count). The quantitative estimate of drug-likeness (QED) is 0.601. The van der Waals surface area contributed by atoms with Gasteiger partial charge in [0.2, 0.25) is 0 Å². The molecule has 0 saturated heterocycles. The van der Waals surface area contributed by atoms with Crippen LogP contribution in [0.4, 0.5) is 4.79 Å². The maximum Gasteiger partial charge on any atom is 0.404 e. The number of aromatic nitrogens is 2. The van der Waals surface area contributed by atoms with Crippen molar-refractivity contribution in [3.63, 3.8) is 0 Å². The molecule has 30 heavy (non-hydrogen) atoms. The molecule has 1 aromatic carbocycles. The lowest BCUT2D eigenvalue weighted by molar-refractivity contribution is 0.0336. The van der Waals surface area contributed by atoms with E-state index in [2.05, 4.69) is 20.8 Å². The zero-order valence-corrected chi connectivity index (χ0v) is 17.4. The minimum Gasteiger partial charge on any atom is -0.491 e. The zero-order valence-electron chi connectivity index (χ0n) is 17.4. The van der Waals surface area contributed by atoms with Crippen molar-refractivity contribution in [3.8, 4) is 22.9 Å². The molecule has 9 nitrogen and oxygen atoms in total. The summed E-state index contributed by atoms with van der Waals surface area (Å²) in [5, 5.41) is 23.4. The Labute approximate surface area is 175 Å². The number of ether oxygens (including phenoxy) is 3. The Morgan fingerprint density at radius 1 is 1.13 bits per heavy atom. The first-order valence-electron chi connectivity index (χ1n) is 9.84. The van der Waals surface area contributed by atoms with E-state index < -0.39 is 6.09 Å². The number of carboxylic acid groups (broad SMARTS) is 1. The lowest BCUT2D eigenvalue weighted by Gasteiger charge is -2.35. The molecule has 0 spiro atoms. The number of nitrogens with zero attached hydrogens (tertiary/aromatic N) is 2. The van der Waals surface area contributed by atoms with Crippen molar-refractivity contribution in [1.82, 2.24) is 20.8 Å². The fourth-order valence-corrected chi connectivity index (χ4v) is 3.77. The van der Waals surface area contributed by atoms with Crippen LogP contribution in [-0.4, -0.2) is 60.9 Å². The molecule has 1 aliphatic carbocycles. The topological polar surface area (TPSA) is 115 Å². The van der Waals surface area contributed by atoms with Crippen molar-refractivity contribution in [2.45, 2.75) is 44.0 Å². The molecule has 0 bridgehead atoms. The van der Waals surface area contributed by atoms with E-state index in [1.165, 1.54) is 7.11 Å². The van der Waals surface area contributed by atoms with Gasteiger partial charge in [-0.15, -0.1) is 10.2 Å². The summed E-state index contributed by atoms with van der Waals surface area (Å²) in [5.41, 5.74) is 2.76. The normalized spacial score (nSPS) is 21.1. The van der Waals surface area contributed by atoms with Gasteiger partial charge in [-0.3, -0.25) is 0 Å². The van der Waals surface area contributed by atoms with Gasteiger partial charge >= 0.3 is 6.09 Å². The number of rotatable bonds is 8. The van der Waals surface area contributed by atoms with E-state index in [1.54, 1.807) is 20.3 Å². The van der Waals surface area contributed by atoms with Crippen molar-refractivity contribution in [2.75, 3.05) is 21.3 Å². The van der Waals surface area contributed by atoms with Gasteiger partial charge in [0.25, 0.3) is 5.88 Å². The molecular weight excluding hydrogens is 388 g/mol. The predicted octanol–water partition coefficient (Wildman–Crippen LogP) is 2.45. The third-order valence-electron chi connectivity index (χ3n) is 5.38. The Balaban J connectivity index is 1.59. The van der Waals surface area contributed by atoms with Crippen LogP contribution in [-0.2, 0) is 11.3 Å². The molecule has 1 fully saturated rings. The Morgan fingerprint density at radius 3 is 2.53 bits per heavy atom.